The summed E-state index contributed by atoms with van der Waals surface area (Å²) in [5, 5.41) is 0. The smallest absolute Gasteiger partial charge is 0.318 e. The summed E-state index contributed by atoms with van der Waals surface area (Å²) in [6.07, 6.45) is 2.95. The number of carbonyl (C=O) groups is 1. The summed E-state index contributed by atoms with van der Waals surface area (Å²) in [5.41, 5.74) is 0.619. The number of rotatable bonds is 5. The summed E-state index contributed by atoms with van der Waals surface area (Å²) >= 11 is 0. The van der Waals surface area contributed by atoms with Crippen LogP contribution in [-0.4, -0.2) is 11.0 Å². The van der Waals surface area contributed by atoms with Crippen LogP contribution in [-0.2, 0) is 21.6 Å². The average Bonchev–Trinajstić information content (AvgIpc) is 2.95. The summed E-state index contributed by atoms with van der Waals surface area (Å²) in [4.78, 5) is 16.4. The number of aromatic nitrogens is 1. The molecule has 0 spiro atoms. The summed E-state index contributed by atoms with van der Waals surface area (Å²) in [6, 6.07) is 9.55. The standard InChI is InChI=1S/C16H17NO3/c1-4-14-17-13(11-19-14)16(2,3)15(18)20-10-12-8-6-5-7-9-12/h4-9,11H,1,10H2,2-3H3. The molecule has 0 amide bonds. The monoisotopic (exact) mass is 271 g/mol. The van der Waals surface area contributed by atoms with Crippen molar-refractivity contribution in [1.82, 2.24) is 4.98 Å². The molecule has 0 aliphatic heterocycles. The molecule has 2 rings (SSSR count). The van der Waals surface area contributed by atoms with Crippen molar-refractivity contribution in [2.75, 3.05) is 0 Å². The number of nitrogens with zero attached hydrogens (tertiary/aromatic N) is 1. The first kappa shape index (κ1) is 14.1. The number of esters is 1. The Morgan fingerprint density at radius 1 is 1.40 bits per heavy atom. The van der Waals surface area contributed by atoms with Crippen LogP contribution in [0.2, 0.25) is 0 Å². The van der Waals surface area contributed by atoms with Gasteiger partial charge in [0.2, 0.25) is 5.89 Å². The van der Waals surface area contributed by atoms with Gasteiger partial charge in [0.15, 0.2) is 0 Å². The molecule has 20 heavy (non-hydrogen) atoms. The van der Waals surface area contributed by atoms with Crippen molar-refractivity contribution >= 4 is 12.0 Å². The van der Waals surface area contributed by atoms with Gasteiger partial charge in [0.1, 0.15) is 18.3 Å². The molecule has 0 atom stereocenters. The number of carbonyl (C=O) groups excluding carboxylic acids is 1. The van der Waals surface area contributed by atoms with E-state index >= 15 is 0 Å². The minimum atomic E-state index is -0.862. The van der Waals surface area contributed by atoms with Gasteiger partial charge in [0.05, 0.1) is 5.69 Å². The predicted octanol–water partition coefficient (Wildman–Crippen LogP) is 3.34. The molecule has 1 aromatic carbocycles. The van der Waals surface area contributed by atoms with E-state index in [4.69, 9.17) is 9.15 Å². The lowest BCUT2D eigenvalue weighted by molar-refractivity contribution is -0.150. The van der Waals surface area contributed by atoms with E-state index in [9.17, 15) is 4.79 Å². The highest BCUT2D eigenvalue weighted by Gasteiger charge is 2.34. The maximum atomic E-state index is 12.2. The number of benzene rings is 1. The predicted molar refractivity (Wildman–Crippen MR) is 75.9 cm³/mol. The van der Waals surface area contributed by atoms with E-state index in [0.717, 1.165) is 5.56 Å². The van der Waals surface area contributed by atoms with Crippen LogP contribution in [0.5, 0.6) is 0 Å². The van der Waals surface area contributed by atoms with Gasteiger partial charge in [-0.2, -0.15) is 0 Å². The zero-order valence-corrected chi connectivity index (χ0v) is 11.6. The van der Waals surface area contributed by atoms with Crippen LogP contribution in [0.15, 0.2) is 47.6 Å². The summed E-state index contributed by atoms with van der Waals surface area (Å²) in [7, 11) is 0. The van der Waals surface area contributed by atoms with E-state index in [1.54, 1.807) is 13.8 Å². The Morgan fingerprint density at radius 3 is 2.70 bits per heavy atom. The van der Waals surface area contributed by atoms with Gasteiger partial charge in [0, 0.05) is 0 Å². The molecule has 104 valence electrons. The highest BCUT2D eigenvalue weighted by molar-refractivity contribution is 5.81. The highest BCUT2D eigenvalue weighted by Crippen LogP contribution is 2.25. The lowest BCUT2D eigenvalue weighted by atomic mass is 9.90. The number of hydrogen-bond acceptors (Lipinski definition) is 4. The van der Waals surface area contributed by atoms with Crippen molar-refractivity contribution < 1.29 is 13.9 Å². The van der Waals surface area contributed by atoms with Crippen LogP contribution in [0.1, 0.15) is 31.0 Å². The van der Waals surface area contributed by atoms with Crippen LogP contribution in [0.3, 0.4) is 0 Å². The molecule has 2 aromatic rings. The van der Waals surface area contributed by atoms with Crippen LogP contribution in [0.25, 0.3) is 6.08 Å². The van der Waals surface area contributed by atoms with Crippen LogP contribution in [0.4, 0.5) is 0 Å². The van der Waals surface area contributed by atoms with E-state index in [1.165, 1.54) is 12.3 Å². The second-order valence-electron chi connectivity index (χ2n) is 4.96. The zero-order valence-electron chi connectivity index (χ0n) is 11.6. The van der Waals surface area contributed by atoms with Gasteiger partial charge in [-0.25, -0.2) is 4.98 Å². The molecule has 0 aliphatic carbocycles. The molecule has 1 heterocycles. The largest absolute Gasteiger partial charge is 0.460 e. The Labute approximate surface area is 118 Å². The number of ether oxygens (including phenoxy) is 1. The summed E-state index contributed by atoms with van der Waals surface area (Å²) < 4.78 is 10.5. The first-order valence-corrected chi connectivity index (χ1v) is 6.33. The number of oxazole rings is 1. The second kappa shape index (κ2) is 5.74. The zero-order chi connectivity index (χ0) is 14.6. The molecule has 1 aromatic heterocycles. The maximum absolute atomic E-state index is 12.2. The fraction of sp³-hybridized carbons (Fsp3) is 0.250. The summed E-state index contributed by atoms with van der Waals surface area (Å²) in [6.45, 7) is 7.33. The van der Waals surface area contributed by atoms with Gasteiger partial charge < -0.3 is 9.15 Å². The minimum Gasteiger partial charge on any atom is -0.460 e. The first-order valence-electron chi connectivity index (χ1n) is 6.33. The van der Waals surface area contributed by atoms with Crippen LogP contribution >= 0.6 is 0 Å². The van der Waals surface area contributed by atoms with Gasteiger partial charge in [-0.15, -0.1) is 0 Å². The Balaban J connectivity index is 2.05. The molecule has 0 radical (unpaired) electrons. The van der Waals surface area contributed by atoms with Crippen molar-refractivity contribution in [3.05, 3.63) is 60.3 Å². The number of hydrogen-bond donors (Lipinski definition) is 0. The Kier molecular flexibility index (Phi) is 4.03. The molecule has 4 heteroatoms. The fourth-order valence-electron chi connectivity index (χ4n) is 1.68. The van der Waals surface area contributed by atoms with E-state index in [1.807, 2.05) is 30.3 Å². The Hall–Kier alpha value is -2.36. The lowest BCUT2D eigenvalue weighted by Gasteiger charge is -2.19. The third-order valence-electron chi connectivity index (χ3n) is 3.06. The van der Waals surface area contributed by atoms with Gasteiger partial charge in [-0.05, 0) is 25.5 Å². The quantitative estimate of drug-likeness (QED) is 0.783. The molecule has 0 fully saturated rings. The Bertz CT molecular complexity index is 599. The van der Waals surface area contributed by atoms with Crippen molar-refractivity contribution in [2.45, 2.75) is 25.9 Å². The van der Waals surface area contributed by atoms with Gasteiger partial charge >= 0.3 is 5.97 Å². The molecule has 0 saturated heterocycles. The SMILES string of the molecule is C=Cc1nc(C(C)(C)C(=O)OCc2ccccc2)co1. The maximum Gasteiger partial charge on any atom is 0.318 e. The van der Waals surface area contributed by atoms with E-state index in [-0.39, 0.29) is 12.6 Å². The van der Waals surface area contributed by atoms with Crippen LogP contribution in [0, 0.1) is 0 Å². The normalized spacial score (nSPS) is 11.1. The van der Waals surface area contributed by atoms with E-state index in [0.29, 0.717) is 11.6 Å². The minimum absolute atomic E-state index is 0.245. The Morgan fingerprint density at radius 2 is 2.10 bits per heavy atom. The van der Waals surface area contributed by atoms with Crippen molar-refractivity contribution in [3.8, 4) is 0 Å². The third kappa shape index (κ3) is 2.96. The first-order chi connectivity index (χ1) is 9.54. The topological polar surface area (TPSA) is 52.3 Å². The molecular weight excluding hydrogens is 254 g/mol. The van der Waals surface area contributed by atoms with Crippen molar-refractivity contribution in [2.24, 2.45) is 0 Å². The van der Waals surface area contributed by atoms with Gasteiger partial charge in [0.25, 0.3) is 0 Å². The molecule has 4 nitrogen and oxygen atoms in total. The molecule has 0 aliphatic rings. The molecule has 0 bridgehead atoms. The third-order valence-corrected chi connectivity index (χ3v) is 3.06. The highest BCUT2D eigenvalue weighted by atomic mass is 16.5. The molecule has 0 N–H and O–H groups in total. The summed E-state index contributed by atoms with van der Waals surface area (Å²) in [5.74, 6) is 0.0502. The molecule has 0 unspecified atom stereocenters. The van der Waals surface area contributed by atoms with Gasteiger partial charge in [-0.3, -0.25) is 4.79 Å². The van der Waals surface area contributed by atoms with Crippen LogP contribution < -0.4 is 0 Å². The average molecular weight is 271 g/mol. The second-order valence-corrected chi connectivity index (χ2v) is 4.96. The van der Waals surface area contributed by atoms with E-state index in [2.05, 4.69) is 11.6 Å². The van der Waals surface area contributed by atoms with Crippen molar-refractivity contribution in [1.29, 1.82) is 0 Å². The molecular formula is C16H17NO3. The van der Waals surface area contributed by atoms with E-state index < -0.39 is 5.41 Å². The molecule has 0 saturated carbocycles. The van der Waals surface area contributed by atoms with Gasteiger partial charge in [-0.1, -0.05) is 36.9 Å². The fourth-order valence-corrected chi connectivity index (χ4v) is 1.68. The lowest BCUT2D eigenvalue weighted by Crippen LogP contribution is -2.31. The van der Waals surface area contributed by atoms with Crippen molar-refractivity contribution in [3.63, 3.8) is 0 Å².